The van der Waals surface area contributed by atoms with Crippen LogP contribution in [0.4, 0.5) is 0 Å². The Hall–Kier alpha value is -1.04. The second kappa shape index (κ2) is 8.28. The minimum atomic E-state index is 1.11. The van der Waals surface area contributed by atoms with Gasteiger partial charge in [-0.2, -0.15) is 0 Å². The van der Waals surface area contributed by atoms with Crippen molar-refractivity contribution >= 4 is 6.08 Å². The van der Waals surface area contributed by atoms with Gasteiger partial charge in [-0.3, -0.25) is 0 Å². The highest BCUT2D eigenvalue weighted by Crippen LogP contribution is 2.16. The molecule has 84 valence electrons. The highest BCUT2D eigenvalue weighted by Gasteiger charge is 1.98. The highest BCUT2D eigenvalue weighted by atomic mass is 14.0. The van der Waals surface area contributed by atoms with Crippen LogP contribution in [0.25, 0.3) is 6.08 Å². The summed E-state index contributed by atoms with van der Waals surface area (Å²) in [7, 11) is 0. The Morgan fingerprint density at radius 3 is 2.33 bits per heavy atom. The molecule has 0 radical (unpaired) electrons. The summed E-state index contributed by atoms with van der Waals surface area (Å²) in [4.78, 5) is 0. The van der Waals surface area contributed by atoms with Gasteiger partial charge in [-0.15, -0.1) is 0 Å². The maximum Gasteiger partial charge on any atom is -0.0199 e. The van der Waals surface area contributed by atoms with Gasteiger partial charge in [-0.05, 0) is 36.5 Å². The van der Waals surface area contributed by atoms with Gasteiger partial charge < -0.3 is 0 Å². The summed E-state index contributed by atoms with van der Waals surface area (Å²) in [5.41, 5.74) is 4.24. The second-order valence-corrected chi connectivity index (χ2v) is 3.31. The van der Waals surface area contributed by atoms with Gasteiger partial charge in [-0.25, -0.2) is 0 Å². The summed E-state index contributed by atoms with van der Waals surface area (Å²) in [6, 6.07) is 6.52. The molecule has 1 rings (SSSR count). The number of aryl methyl sites for hydroxylation is 2. The SMILES string of the molecule is CC.CC/C=C\c1c(C)cccc1CC. The van der Waals surface area contributed by atoms with Crippen molar-refractivity contribution in [3.8, 4) is 0 Å². The number of rotatable bonds is 3. The quantitative estimate of drug-likeness (QED) is 0.649. The molecule has 0 saturated carbocycles. The zero-order valence-corrected chi connectivity index (χ0v) is 10.8. The van der Waals surface area contributed by atoms with Crippen LogP contribution < -0.4 is 0 Å². The van der Waals surface area contributed by atoms with E-state index >= 15 is 0 Å². The molecule has 0 heterocycles. The molecule has 0 nitrogen and oxygen atoms in total. The third-order valence-corrected chi connectivity index (χ3v) is 2.32. The molecule has 0 fully saturated rings. The normalized spacial score (nSPS) is 9.93. The average Bonchev–Trinajstić information content (AvgIpc) is 2.30. The zero-order valence-electron chi connectivity index (χ0n) is 10.8. The van der Waals surface area contributed by atoms with Crippen LogP contribution in [0.1, 0.15) is 50.8 Å². The molecule has 0 aliphatic rings. The van der Waals surface area contributed by atoms with Gasteiger partial charge in [0.15, 0.2) is 0 Å². The highest BCUT2D eigenvalue weighted by molar-refractivity contribution is 5.57. The first-order chi connectivity index (χ1) is 7.29. The Kier molecular flexibility index (Phi) is 7.71. The molecule has 1 aromatic carbocycles. The molecular weight excluding hydrogens is 180 g/mol. The van der Waals surface area contributed by atoms with Crippen molar-refractivity contribution in [3.63, 3.8) is 0 Å². The van der Waals surface area contributed by atoms with E-state index in [4.69, 9.17) is 0 Å². The van der Waals surface area contributed by atoms with Gasteiger partial charge in [-0.1, -0.05) is 58.0 Å². The predicted octanol–water partition coefficient (Wildman–Crippen LogP) is 5.01. The lowest BCUT2D eigenvalue weighted by Gasteiger charge is -2.06. The van der Waals surface area contributed by atoms with Crippen LogP contribution in [0, 0.1) is 6.92 Å². The lowest BCUT2D eigenvalue weighted by molar-refractivity contribution is 1.12. The molecular formula is C15H24. The summed E-state index contributed by atoms with van der Waals surface area (Å²) in [5, 5.41) is 0. The van der Waals surface area contributed by atoms with Crippen molar-refractivity contribution in [2.24, 2.45) is 0 Å². The van der Waals surface area contributed by atoms with Gasteiger partial charge in [0, 0.05) is 0 Å². The minimum absolute atomic E-state index is 1.11. The van der Waals surface area contributed by atoms with Crippen LogP contribution in [0.15, 0.2) is 24.3 Å². The first-order valence-electron chi connectivity index (χ1n) is 6.04. The molecule has 0 amide bonds. The summed E-state index contributed by atoms with van der Waals surface area (Å²) in [6.45, 7) is 10.5. The number of hydrogen-bond donors (Lipinski definition) is 0. The molecule has 15 heavy (non-hydrogen) atoms. The summed E-state index contributed by atoms with van der Waals surface area (Å²) >= 11 is 0. The molecule has 0 N–H and O–H groups in total. The standard InChI is InChI=1S/C13H18.C2H6/c1-4-6-10-13-11(3)8-7-9-12(13)5-2;1-2/h6-10H,4-5H2,1-3H3;1-2H3/b10-6-;. The van der Waals surface area contributed by atoms with Gasteiger partial charge in [0.1, 0.15) is 0 Å². The van der Waals surface area contributed by atoms with Gasteiger partial charge in [0.25, 0.3) is 0 Å². The molecule has 0 spiro atoms. The van der Waals surface area contributed by atoms with E-state index in [1.54, 1.807) is 0 Å². The molecule has 0 bridgehead atoms. The molecule has 0 aromatic heterocycles. The molecule has 0 aliphatic heterocycles. The van der Waals surface area contributed by atoms with E-state index in [1.807, 2.05) is 13.8 Å². The maximum absolute atomic E-state index is 2.24. The van der Waals surface area contributed by atoms with Crippen molar-refractivity contribution < 1.29 is 0 Å². The zero-order chi connectivity index (χ0) is 11.7. The van der Waals surface area contributed by atoms with Gasteiger partial charge >= 0.3 is 0 Å². The van der Waals surface area contributed by atoms with Crippen LogP contribution in [-0.4, -0.2) is 0 Å². The lowest BCUT2D eigenvalue weighted by atomic mass is 9.99. The van der Waals surface area contributed by atoms with Crippen LogP contribution in [-0.2, 0) is 6.42 Å². The molecule has 0 atom stereocenters. The number of allylic oxidation sites excluding steroid dienone is 1. The maximum atomic E-state index is 2.24. The molecule has 0 unspecified atom stereocenters. The topological polar surface area (TPSA) is 0 Å². The van der Waals surface area contributed by atoms with E-state index in [1.165, 1.54) is 16.7 Å². The molecule has 1 aromatic rings. The number of benzene rings is 1. The Morgan fingerprint density at radius 2 is 1.80 bits per heavy atom. The summed E-state index contributed by atoms with van der Waals surface area (Å²) in [5.74, 6) is 0. The Morgan fingerprint density at radius 1 is 1.13 bits per heavy atom. The van der Waals surface area contributed by atoms with Crippen LogP contribution >= 0.6 is 0 Å². The van der Waals surface area contributed by atoms with Crippen molar-refractivity contribution in [2.75, 3.05) is 0 Å². The van der Waals surface area contributed by atoms with E-state index in [9.17, 15) is 0 Å². The largest absolute Gasteiger partial charge is 0.0842 e. The van der Waals surface area contributed by atoms with E-state index in [0.29, 0.717) is 0 Å². The van der Waals surface area contributed by atoms with Gasteiger partial charge in [0.05, 0.1) is 0 Å². The van der Waals surface area contributed by atoms with Crippen molar-refractivity contribution in [2.45, 2.75) is 47.5 Å². The van der Waals surface area contributed by atoms with E-state index < -0.39 is 0 Å². The van der Waals surface area contributed by atoms with Crippen molar-refractivity contribution in [1.82, 2.24) is 0 Å². The third-order valence-electron chi connectivity index (χ3n) is 2.32. The minimum Gasteiger partial charge on any atom is -0.0842 e. The van der Waals surface area contributed by atoms with Crippen LogP contribution in [0.2, 0.25) is 0 Å². The Labute approximate surface area is 95.0 Å². The lowest BCUT2D eigenvalue weighted by Crippen LogP contribution is -1.89. The molecule has 0 saturated heterocycles. The first-order valence-corrected chi connectivity index (χ1v) is 6.04. The fraction of sp³-hybridized carbons (Fsp3) is 0.467. The first kappa shape index (κ1) is 14.0. The van der Waals surface area contributed by atoms with Crippen molar-refractivity contribution in [3.05, 3.63) is 41.0 Å². The Bertz CT molecular complexity index is 295. The monoisotopic (exact) mass is 204 g/mol. The fourth-order valence-corrected chi connectivity index (χ4v) is 1.52. The fourth-order valence-electron chi connectivity index (χ4n) is 1.52. The average molecular weight is 204 g/mol. The van der Waals surface area contributed by atoms with E-state index in [2.05, 4.69) is 51.1 Å². The number of hydrogen-bond acceptors (Lipinski definition) is 0. The van der Waals surface area contributed by atoms with Gasteiger partial charge in [0.2, 0.25) is 0 Å². The molecule has 0 aliphatic carbocycles. The summed E-state index contributed by atoms with van der Waals surface area (Å²) in [6.07, 6.45) is 6.69. The smallest absolute Gasteiger partial charge is 0.0199 e. The third kappa shape index (κ3) is 4.33. The molecule has 0 heteroatoms. The van der Waals surface area contributed by atoms with E-state index in [-0.39, 0.29) is 0 Å². The predicted molar refractivity (Wildman–Crippen MR) is 71.2 cm³/mol. The second-order valence-electron chi connectivity index (χ2n) is 3.31. The van der Waals surface area contributed by atoms with Crippen LogP contribution in [0.5, 0.6) is 0 Å². The summed E-state index contributed by atoms with van der Waals surface area (Å²) < 4.78 is 0. The Balaban J connectivity index is 0.000000921. The van der Waals surface area contributed by atoms with E-state index in [0.717, 1.165) is 12.8 Å². The van der Waals surface area contributed by atoms with Crippen molar-refractivity contribution in [1.29, 1.82) is 0 Å². The van der Waals surface area contributed by atoms with Crippen LogP contribution in [0.3, 0.4) is 0 Å².